The lowest BCUT2D eigenvalue weighted by Gasteiger charge is -2.08. The molecule has 0 aliphatic rings. The predicted octanol–water partition coefficient (Wildman–Crippen LogP) is 4.17. The summed E-state index contributed by atoms with van der Waals surface area (Å²) in [5.41, 5.74) is 2.13. The van der Waals surface area contributed by atoms with Crippen LogP contribution in [-0.2, 0) is 0 Å². The van der Waals surface area contributed by atoms with Gasteiger partial charge in [0, 0.05) is 5.56 Å². The van der Waals surface area contributed by atoms with E-state index in [1.54, 1.807) is 6.92 Å². The summed E-state index contributed by atoms with van der Waals surface area (Å²) >= 11 is 0. The van der Waals surface area contributed by atoms with Crippen LogP contribution in [0.1, 0.15) is 42.6 Å². The van der Waals surface area contributed by atoms with Crippen LogP contribution in [0.15, 0.2) is 36.4 Å². The van der Waals surface area contributed by atoms with Gasteiger partial charge in [0.15, 0.2) is 5.78 Å². The van der Waals surface area contributed by atoms with Gasteiger partial charge in [-0.15, -0.1) is 0 Å². The van der Waals surface area contributed by atoms with Crippen molar-refractivity contribution in [2.45, 2.75) is 26.7 Å². The maximum atomic E-state index is 11.5. The summed E-state index contributed by atoms with van der Waals surface area (Å²) < 4.78 is 0. The zero-order valence-electron chi connectivity index (χ0n) is 9.95. The Labute approximate surface area is 96.1 Å². The number of ketones is 1. The highest BCUT2D eigenvalue weighted by Crippen LogP contribution is 2.24. The zero-order chi connectivity index (χ0) is 11.7. The number of carbonyl (C=O) groups excluding carboxylic acids is 1. The lowest BCUT2D eigenvalue weighted by Crippen LogP contribution is -1.94. The van der Waals surface area contributed by atoms with Gasteiger partial charge < -0.3 is 0 Å². The SMILES string of the molecule is CC(=O)c1cccc2cc(C(C)C)ccc12. The molecule has 0 N–H and O–H groups in total. The van der Waals surface area contributed by atoms with Gasteiger partial charge in [-0.05, 0) is 29.2 Å². The molecule has 82 valence electrons. The highest BCUT2D eigenvalue weighted by Gasteiger charge is 2.06. The molecule has 2 aromatic rings. The molecular formula is C15H16O. The molecule has 0 atom stereocenters. The van der Waals surface area contributed by atoms with Crippen LogP contribution in [0, 0.1) is 0 Å². The normalized spacial score (nSPS) is 11.0. The van der Waals surface area contributed by atoms with E-state index in [1.165, 1.54) is 5.56 Å². The summed E-state index contributed by atoms with van der Waals surface area (Å²) in [6.07, 6.45) is 0. The Bertz CT molecular complexity index is 538. The van der Waals surface area contributed by atoms with Crippen molar-refractivity contribution in [3.63, 3.8) is 0 Å². The second-order valence-electron chi connectivity index (χ2n) is 4.50. The molecule has 0 bridgehead atoms. The number of carbonyl (C=O) groups is 1. The third-order valence-electron chi connectivity index (χ3n) is 2.95. The van der Waals surface area contributed by atoms with Gasteiger partial charge in [0.1, 0.15) is 0 Å². The molecular weight excluding hydrogens is 196 g/mol. The van der Waals surface area contributed by atoms with E-state index in [2.05, 4.69) is 38.1 Å². The third-order valence-corrected chi connectivity index (χ3v) is 2.95. The van der Waals surface area contributed by atoms with Gasteiger partial charge in [-0.25, -0.2) is 0 Å². The molecule has 0 aromatic heterocycles. The van der Waals surface area contributed by atoms with E-state index in [-0.39, 0.29) is 5.78 Å². The fourth-order valence-electron chi connectivity index (χ4n) is 1.97. The minimum absolute atomic E-state index is 0.128. The molecule has 0 spiro atoms. The Morgan fingerprint density at radius 1 is 1.12 bits per heavy atom. The van der Waals surface area contributed by atoms with Crippen molar-refractivity contribution >= 4 is 16.6 Å². The van der Waals surface area contributed by atoms with Crippen LogP contribution in [0.5, 0.6) is 0 Å². The molecule has 0 saturated heterocycles. The van der Waals surface area contributed by atoms with E-state index in [0.29, 0.717) is 5.92 Å². The fourth-order valence-corrected chi connectivity index (χ4v) is 1.97. The molecule has 2 aromatic carbocycles. The Hall–Kier alpha value is -1.63. The number of hydrogen-bond donors (Lipinski definition) is 0. The first kappa shape index (κ1) is 10.9. The van der Waals surface area contributed by atoms with E-state index in [4.69, 9.17) is 0 Å². The Morgan fingerprint density at radius 3 is 2.50 bits per heavy atom. The second kappa shape index (κ2) is 4.09. The van der Waals surface area contributed by atoms with Crippen molar-refractivity contribution in [1.29, 1.82) is 0 Å². The summed E-state index contributed by atoms with van der Waals surface area (Å²) in [6, 6.07) is 12.2. The Morgan fingerprint density at radius 2 is 1.88 bits per heavy atom. The average Bonchev–Trinajstić information content (AvgIpc) is 2.27. The fraction of sp³-hybridized carbons (Fsp3) is 0.267. The lowest BCUT2D eigenvalue weighted by atomic mass is 9.96. The predicted molar refractivity (Wildman–Crippen MR) is 68.0 cm³/mol. The van der Waals surface area contributed by atoms with Crippen molar-refractivity contribution in [2.75, 3.05) is 0 Å². The summed E-state index contributed by atoms with van der Waals surface area (Å²) in [4.78, 5) is 11.5. The lowest BCUT2D eigenvalue weighted by molar-refractivity contribution is 0.101. The first-order chi connectivity index (χ1) is 7.59. The molecule has 1 nitrogen and oxygen atoms in total. The van der Waals surface area contributed by atoms with Crippen LogP contribution in [0.25, 0.3) is 10.8 Å². The summed E-state index contributed by atoms with van der Waals surface area (Å²) in [5, 5.41) is 2.21. The van der Waals surface area contributed by atoms with Gasteiger partial charge in [-0.3, -0.25) is 4.79 Å². The molecule has 0 aliphatic heterocycles. The molecule has 16 heavy (non-hydrogen) atoms. The van der Waals surface area contributed by atoms with Crippen LogP contribution < -0.4 is 0 Å². The van der Waals surface area contributed by atoms with Crippen LogP contribution in [0.3, 0.4) is 0 Å². The maximum absolute atomic E-state index is 11.5. The Kier molecular flexibility index (Phi) is 2.78. The highest BCUT2D eigenvalue weighted by molar-refractivity contribution is 6.07. The van der Waals surface area contributed by atoms with Crippen LogP contribution >= 0.6 is 0 Å². The van der Waals surface area contributed by atoms with Crippen LogP contribution in [0.4, 0.5) is 0 Å². The van der Waals surface area contributed by atoms with Crippen molar-refractivity contribution in [3.05, 3.63) is 47.5 Å². The summed E-state index contributed by atoms with van der Waals surface area (Å²) in [7, 11) is 0. The molecule has 0 unspecified atom stereocenters. The van der Waals surface area contributed by atoms with Crippen molar-refractivity contribution in [3.8, 4) is 0 Å². The van der Waals surface area contributed by atoms with Crippen molar-refractivity contribution in [1.82, 2.24) is 0 Å². The first-order valence-corrected chi connectivity index (χ1v) is 5.63. The standard InChI is InChI=1S/C15H16O/c1-10(2)12-7-8-15-13(9-12)5-4-6-14(15)11(3)16/h4-10H,1-3H3. The first-order valence-electron chi connectivity index (χ1n) is 5.63. The summed E-state index contributed by atoms with van der Waals surface area (Å²) in [5.74, 6) is 0.647. The third kappa shape index (κ3) is 1.85. The summed E-state index contributed by atoms with van der Waals surface area (Å²) in [6.45, 7) is 5.97. The number of benzene rings is 2. The number of hydrogen-bond acceptors (Lipinski definition) is 1. The van der Waals surface area contributed by atoms with Gasteiger partial charge in [0.25, 0.3) is 0 Å². The molecule has 1 heteroatoms. The highest BCUT2D eigenvalue weighted by atomic mass is 16.1. The largest absolute Gasteiger partial charge is 0.294 e. The van der Waals surface area contributed by atoms with Crippen LogP contribution in [0.2, 0.25) is 0 Å². The van der Waals surface area contributed by atoms with E-state index in [1.807, 2.05) is 12.1 Å². The van der Waals surface area contributed by atoms with E-state index < -0.39 is 0 Å². The Balaban J connectivity index is 2.69. The van der Waals surface area contributed by atoms with Crippen LogP contribution in [-0.4, -0.2) is 5.78 Å². The monoisotopic (exact) mass is 212 g/mol. The molecule has 0 aliphatic carbocycles. The number of Topliss-reactive ketones (excluding diaryl/α,β-unsaturated/α-hetero) is 1. The van der Waals surface area contributed by atoms with Crippen molar-refractivity contribution < 1.29 is 4.79 Å². The number of rotatable bonds is 2. The average molecular weight is 212 g/mol. The molecule has 0 radical (unpaired) electrons. The molecule has 0 heterocycles. The van der Waals surface area contributed by atoms with E-state index in [9.17, 15) is 4.79 Å². The molecule has 2 rings (SSSR count). The minimum atomic E-state index is 0.128. The van der Waals surface area contributed by atoms with E-state index >= 15 is 0 Å². The molecule has 0 saturated carbocycles. The van der Waals surface area contributed by atoms with Gasteiger partial charge in [-0.2, -0.15) is 0 Å². The zero-order valence-corrected chi connectivity index (χ0v) is 9.95. The maximum Gasteiger partial charge on any atom is 0.160 e. The van der Waals surface area contributed by atoms with Gasteiger partial charge in [0.05, 0.1) is 0 Å². The van der Waals surface area contributed by atoms with E-state index in [0.717, 1.165) is 16.3 Å². The second-order valence-corrected chi connectivity index (χ2v) is 4.50. The minimum Gasteiger partial charge on any atom is -0.294 e. The topological polar surface area (TPSA) is 17.1 Å². The van der Waals surface area contributed by atoms with Gasteiger partial charge in [-0.1, -0.05) is 50.2 Å². The quantitative estimate of drug-likeness (QED) is 0.683. The van der Waals surface area contributed by atoms with Gasteiger partial charge >= 0.3 is 0 Å². The number of fused-ring (bicyclic) bond motifs is 1. The van der Waals surface area contributed by atoms with Crippen molar-refractivity contribution in [2.24, 2.45) is 0 Å². The smallest absolute Gasteiger partial charge is 0.160 e. The molecule has 0 amide bonds. The molecule has 0 fully saturated rings. The van der Waals surface area contributed by atoms with Gasteiger partial charge in [0.2, 0.25) is 0 Å².